The SMILES string of the molecule is C[C@H](Oc1ccc(C(F)(F)F)c(NS)n1)C(F)(F)F. The zero-order valence-corrected chi connectivity index (χ0v) is 10.2. The van der Waals surface area contributed by atoms with Crippen molar-refractivity contribution in [2.45, 2.75) is 25.4 Å². The van der Waals surface area contributed by atoms with E-state index >= 15 is 0 Å². The van der Waals surface area contributed by atoms with Crippen LogP contribution in [0.3, 0.4) is 0 Å². The van der Waals surface area contributed by atoms with Crippen LogP contribution < -0.4 is 9.46 Å². The minimum Gasteiger partial charge on any atom is -0.465 e. The molecular formula is C9H8F6N2OS. The second-order valence-electron chi connectivity index (χ2n) is 3.46. The Kier molecular flexibility index (Phi) is 4.43. The molecule has 0 aliphatic heterocycles. The van der Waals surface area contributed by atoms with E-state index in [0.29, 0.717) is 19.1 Å². The number of pyridine rings is 1. The van der Waals surface area contributed by atoms with E-state index in [1.54, 1.807) is 0 Å². The number of anilines is 1. The molecule has 0 bridgehead atoms. The summed E-state index contributed by atoms with van der Waals surface area (Å²) in [7, 11) is 0. The molecule has 1 rings (SSSR count). The summed E-state index contributed by atoms with van der Waals surface area (Å²) in [5.74, 6) is -1.32. The van der Waals surface area contributed by atoms with E-state index in [1.807, 2.05) is 4.72 Å². The van der Waals surface area contributed by atoms with Crippen LogP contribution in [0.4, 0.5) is 32.2 Å². The van der Waals surface area contributed by atoms with Crippen molar-refractivity contribution in [1.29, 1.82) is 0 Å². The Morgan fingerprint density at radius 1 is 1.21 bits per heavy atom. The van der Waals surface area contributed by atoms with Gasteiger partial charge in [-0.3, -0.25) is 0 Å². The van der Waals surface area contributed by atoms with E-state index in [1.165, 1.54) is 0 Å². The number of hydrogen-bond acceptors (Lipinski definition) is 4. The Balaban J connectivity index is 3.02. The molecule has 0 aromatic carbocycles. The summed E-state index contributed by atoms with van der Waals surface area (Å²) in [4.78, 5) is 3.28. The summed E-state index contributed by atoms with van der Waals surface area (Å²) < 4.78 is 80.4. The van der Waals surface area contributed by atoms with Crippen LogP contribution in [-0.4, -0.2) is 17.3 Å². The highest BCUT2D eigenvalue weighted by molar-refractivity contribution is 7.81. The topological polar surface area (TPSA) is 34.1 Å². The van der Waals surface area contributed by atoms with E-state index in [-0.39, 0.29) is 0 Å². The van der Waals surface area contributed by atoms with Gasteiger partial charge in [0, 0.05) is 6.07 Å². The summed E-state index contributed by atoms with van der Waals surface area (Å²) in [6.07, 6.45) is -11.5. The number of alkyl halides is 6. The predicted octanol–water partition coefficient (Wildman–Crippen LogP) is 3.69. The highest BCUT2D eigenvalue weighted by Gasteiger charge is 2.39. The first-order chi connectivity index (χ1) is 8.55. The van der Waals surface area contributed by atoms with Crippen molar-refractivity contribution in [3.63, 3.8) is 0 Å². The number of nitrogens with zero attached hydrogens (tertiary/aromatic N) is 1. The second kappa shape index (κ2) is 5.35. The van der Waals surface area contributed by atoms with Gasteiger partial charge in [-0.2, -0.15) is 31.3 Å². The van der Waals surface area contributed by atoms with Gasteiger partial charge in [-0.05, 0) is 13.0 Å². The zero-order chi connectivity index (χ0) is 14.8. The van der Waals surface area contributed by atoms with Gasteiger partial charge in [-0.25, -0.2) is 0 Å². The third-order valence-electron chi connectivity index (χ3n) is 2.04. The minimum absolute atomic E-state index is 0.560. The fraction of sp³-hybridized carbons (Fsp3) is 0.444. The van der Waals surface area contributed by atoms with Gasteiger partial charge in [0.1, 0.15) is 0 Å². The average molecular weight is 306 g/mol. The molecule has 0 radical (unpaired) electrons. The van der Waals surface area contributed by atoms with Crippen LogP contribution in [0.1, 0.15) is 12.5 Å². The fourth-order valence-corrected chi connectivity index (χ4v) is 1.24. The van der Waals surface area contributed by atoms with Crippen molar-refractivity contribution in [3.05, 3.63) is 17.7 Å². The lowest BCUT2D eigenvalue weighted by atomic mass is 10.2. The maximum absolute atomic E-state index is 12.5. The van der Waals surface area contributed by atoms with E-state index in [4.69, 9.17) is 0 Å². The molecule has 3 nitrogen and oxygen atoms in total. The van der Waals surface area contributed by atoms with Crippen molar-refractivity contribution in [2.24, 2.45) is 0 Å². The molecule has 0 amide bonds. The quantitative estimate of drug-likeness (QED) is 0.660. The van der Waals surface area contributed by atoms with Crippen molar-refractivity contribution < 1.29 is 31.1 Å². The number of nitrogens with one attached hydrogen (secondary N) is 1. The molecule has 1 aromatic heterocycles. The summed E-state index contributed by atoms with van der Waals surface area (Å²) in [6, 6.07) is 1.27. The molecule has 1 heterocycles. The minimum atomic E-state index is -4.70. The number of aromatic nitrogens is 1. The monoisotopic (exact) mass is 306 g/mol. The van der Waals surface area contributed by atoms with Crippen LogP contribution in [0.2, 0.25) is 0 Å². The maximum atomic E-state index is 12.5. The third kappa shape index (κ3) is 4.08. The van der Waals surface area contributed by atoms with E-state index < -0.39 is 35.7 Å². The van der Waals surface area contributed by atoms with Gasteiger partial charge >= 0.3 is 12.4 Å². The Morgan fingerprint density at radius 2 is 1.79 bits per heavy atom. The molecule has 1 aromatic rings. The zero-order valence-electron chi connectivity index (χ0n) is 9.30. The normalized spacial score (nSPS) is 14.1. The van der Waals surface area contributed by atoms with Crippen LogP contribution in [-0.2, 0) is 6.18 Å². The molecule has 0 aliphatic carbocycles. The van der Waals surface area contributed by atoms with E-state index in [9.17, 15) is 26.3 Å². The molecule has 0 unspecified atom stereocenters. The molecule has 0 fully saturated rings. The lowest BCUT2D eigenvalue weighted by Crippen LogP contribution is -2.31. The van der Waals surface area contributed by atoms with Crippen LogP contribution in [0.15, 0.2) is 12.1 Å². The molecule has 0 saturated carbocycles. The smallest absolute Gasteiger partial charge is 0.425 e. The summed E-state index contributed by atoms with van der Waals surface area (Å²) >= 11 is 3.42. The van der Waals surface area contributed by atoms with Crippen molar-refractivity contribution in [1.82, 2.24) is 4.98 Å². The third-order valence-corrected chi connectivity index (χ3v) is 2.25. The van der Waals surface area contributed by atoms with Crippen LogP contribution >= 0.6 is 12.8 Å². The molecular weight excluding hydrogens is 298 g/mol. The molecule has 108 valence electrons. The number of halogens is 6. The molecule has 0 spiro atoms. The van der Waals surface area contributed by atoms with Gasteiger partial charge in [0.25, 0.3) is 0 Å². The number of hydrogen-bond donors (Lipinski definition) is 2. The Bertz CT molecular complexity index is 447. The standard InChI is InChI=1S/C9H8F6N2OS/c1-4(8(10,11)12)18-6-3-2-5(9(13,14)15)7(16-6)17-19/h2-4,19H,1H3,(H,16,17)/t4-/m0/s1. The van der Waals surface area contributed by atoms with Crippen LogP contribution in [0.25, 0.3) is 0 Å². The molecule has 10 heteroatoms. The molecule has 0 saturated heterocycles. The van der Waals surface area contributed by atoms with Crippen molar-refractivity contribution in [3.8, 4) is 5.88 Å². The summed E-state index contributed by atoms with van der Waals surface area (Å²) in [6.45, 7) is 0.715. The lowest BCUT2D eigenvalue weighted by molar-refractivity contribution is -0.190. The van der Waals surface area contributed by atoms with Gasteiger partial charge in [0.2, 0.25) is 5.88 Å². The van der Waals surface area contributed by atoms with Crippen molar-refractivity contribution in [2.75, 3.05) is 4.72 Å². The van der Waals surface area contributed by atoms with Gasteiger partial charge in [-0.1, -0.05) is 12.8 Å². The Labute approximate surface area is 109 Å². The van der Waals surface area contributed by atoms with Crippen LogP contribution in [0.5, 0.6) is 5.88 Å². The second-order valence-corrected chi connectivity index (χ2v) is 3.68. The average Bonchev–Trinajstić information content (AvgIpc) is 2.26. The summed E-state index contributed by atoms with van der Waals surface area (Å²) in [5, 5.41) is 0. The predicted molar refractivity (Wildman–Crippen MR) is 58.0 cm³/mol. The Hall–Kier alpha value is -1.32. The van der Waals surface area contributed by atoms with E-state index in [2.05, 4.69) is 22.5 Å². The van der Waals surface area contributed by atoms with Crippen molar-refractivity contribution >= 4 is 18.6 Å². The van der Waals surface area contributed by atoms with E-state index in [0.717, 1.165) is 0 Å². The van der Waals surface area contributed by atoms with Gasteiger partial charge in [0.05, 0.1) is 5.56 Å². The number of ether oxygens (including phenoxy) is 1. The summed E-state index contributed by atoms with van der Waals surface area (Å²) in [5.41, 5.74) is -1.16. The molecule has 19 heavy (non-hydrogen) atoms. The molecule has 1 N–H and O–H groups in total. The largest absolute Gasteiger partial charge is 0.465 e. The van der Waals surface area contributed by atoms with Gasteiger partial charge in [-0.15, -0.1) is 0 Å². The molecule has 0 aliphatic rings. The van der Waals surface area contributed by atoms with Gasteiger partial charge < -0.3 is 9.46 Å². The Morgan fingerprint density at radius 3 is 2.21 bits per heavy atom. The van der Waals surface area contributed by atoms with Crippen LogP contribution in [0, 0.1) is 0 Å². The first-order valence-electron chi connectivity index (χ1n) is 4.77. The first kappa shape index (κ1) is 15.7. The lowest BCUT2D eigenvalue weighted by Gasteiger charge is -2.18. The number of thiol groups is 1. The highest BCUT2D eigenvalue weighted by Crippen LogP contribution is 2.35. The molecule has 1 atom stereocenters. The number of rotatable bonds is 3. The maximum Gasteiger partial charge on any atom is 0.425 e. The fourth-order valence-electron chi connectivity index (χ4n) is 1.07. The van der Waals surface area contributed by atoms with Gasteiger partial charge in [0.15, 0.2) is 11.9 Å². The highest BCUT2D eigenvalue weighted by atomic mass is 32.1. The first-order valence-corrected chi connectivity index (χ1v) is 5.22.